The number of allylic oxidation sites excluding steroid dienone is 1. The fourth-order valence-corrected chi connectivity index (χ4v) is 2.40. The molecular weight excluding hydrogens is 302 g/mol. The first-order valence-electron chi connectivity index (χ1n) is 7.20. The number of aliphatic hydroxyl groups excluding tert-OH is 1. The van der Waals surface area contributed by atoms with Gasteiger partial charge in [-0.25, -0.2) is 0 Å². The summed E-state index contributed by atoms with van der Waals surface area (Å²) in [6.07, 6.45) is 2.24. The number of amides is 2. The number of carbonyl (C=O) groups excluding carboxylic acids is 2. The van der Waals surface area contributed by atoms with E-state index in [0.29, 0.717) is 24.2 Å². The maximum absolute atomic E-state index is 11.4. The minimum Gasteiger partial charge on any atom is -0.391 e. The summed E-state index contributed by atoms with van der Waals surface area (Å²) in [6, 6.07) is 2.13. The fourth-order valence-electron chi connectivity index (χ4n) is 1.54. The van der Waals surface area contributed by atoms with E-state index in [1.807, 2.05) is 0 Å². The van der Waals surface area contributed by atoms with Gasteiger partial charge in [-0.15, -0.1) is 11.8 Å². The molecule has 0 fully saturated rings. The van der Waals surface area contributed by atoms with E-state index < -0.39 is 6.10 Å². The molecule has 7 heteroatoms. The van der Waals surface area contributed by atoms with Gasteiger partial charge in [0.05, 0.1) is 17.9 Å². The summed E-state index contributed by atoms with van der Waals surface area (Å²) >= 11 is 1.33. The molecule has 0 aliphatic heterocycles. The van der Waals surface area contributed by atoms with Gasteiger partial charge in [0, 0.05) is 33.1 Å². The molecular formula is C15H25N3O3S. The van der Waals surface area contributed by atoms with Crippen molar-refractivity contribution < 1.29 is 14.7 Å². The van der Waals surface area contributed by atoms with Crippen LogP contribution in [-0.2, 0) is 9.59 Å². The summed E-state index contributed by atoms with van der Waals surface area (Å²) in [4.78, 5) is 23.6. The highest BCUT2D eigenvalue weighted by Gasteiger charge is 2.06. The highest BCUT2D eigenvalue weighted by atomic mass is 32.2. The van der Waals surface area contributed by atoms with Gasteiger partial charge < -0.3 is 15.3 Å². The number of hydrogen-bond acceptors (Lipinski definition) is 5. The van der Waals surface area contributed by atoms with Crippen LogP contribution in [0.2, 0.25) is 0 Å². The van der Waals surface area contributed by atoms with Crippen LogP contribution < -0.4 is 5.32 Å². The van der Waals surface area contributed by atoms with Gasteiger partial charge in [0.25, 0.3) is 0 Å². The summed E-state index contributed by atoms with van der Waals surface area (Å²) < 4.78 is 0. The van der Waals surface area contributed by atoms with Crippen LogP contribution in [-0.4, -0.2) is 54.3 Å². The molecule has 1 atom stereocenters. The van der Waals surface area contributed by atoms with Crippen molar-refractivity contribution in [3.8, 4) is 6.07 Å². The molecule has 1 unspecified atom stereocenters. The minimum atomic E-state index is -0.550. The molecule has 6 nitrogen and oxygen atoms in total. The Bertz CT molecular complexity index is 430. The first kappa shape index (κ1) is 20.5. The zero-order valence-electron chi connectivity index (χ0n) is 13.5. The van der Waals surface area contributed by atoms with Crippen molar-refractivity contribution in [2.45, 2.75) is 38.7 Å². The first-order chi connectivity index (χ1) is 10.4. The molecule has 0 saturated heterocycles. The van der Waals surface area contributed by atoms with Gasteiger partial charge in [-0.05, 0) is 24.7 Å². The standard InChI is InChI=1S/C15H25N3O3S/c1-12(19)17-9-14(20)7-5-4-6-13(8-16)10-22-11-15(21)18(2)3/h10,14,20H,4-7,9,11H2,1-3H3,(H,17,19)/b13-10+. The normalized spacial score (nSPS) is 12.4. The van der Waals surface area contributed by atoms with Gasteiger partial charge in [0.1, 0.15) is 0 Å². The van der Waals surface area contributed by atoms with Crippen molar-refractivity contribution >= 4 is 23.6 Å². The molecule has 0 aliphatic carbocycles. The molecule has 0 aliphatic rings. The molecule has 2 N–H and O–H groups in total. The van der Waals surface area contributed by atoms with Crippen molar-refractivity contribution in [2.24, 2.45) is 0 Å². The second-order valence-corrected chi connectivity index (χ2v) is 6.05. The van der Waals surface area contributed by atoms with Crippen LogP contribution in [0.4, 0.5) is 0 Å². The summed E-state index contributed by atoms with van der Waals surface area (Å²) in [5.74, 6) is 0.186. The number of aliphatic hydroxyl groups is 1. The van der Waals surface area contributed by atoms with Crippen molar-refractivity contribution in [1.29, 1.82) is 5.26 Å². The maximum Gasteiger partial charge on any atom is 0.232 e. The minimum absolute atomic E-state index is 0.0135. The Morgan fingerprint density at radius 1 is 1.41 bits per heavy atom. The third-order valence-electron chi connectivity index (χ3n) is 2.89. The second kappa shape index (κ2) is 12.1. The average molecular weight is 327 g/mol. The summed E-state index contributed by atoms with van der Waals surface area (Å²) in [5, 5.41) is 23.0. The van der Waals surface area contributed by atoms with Crippen molar-refractivity contribution in [3.63, 3.8) is 0 Å². The van der Waals surface area contributed by atoms with Crippen LogP contribution >= 0.6 is 11.8 Å². The Labute approximate surface area is 136 Å². The molecule has 124 valence electrons. The van der Waals surface area contributed by atoms with Gasteiger partial charge in [-0.2, -0.15) is 5.26 Å². The monoisotopic (exact) mass is 327 g/mol. The average Bonchev–Trinajstić information content (AvgIpc) is 2.47. The molecule has 0 radical (unpaired) electrons. The number of nitriles is 1. The lowest BCUT2D eigenvalue weighted by Gasteiger charge is -2.10. The van der Waals surface area contributed by atoms with E-state index in [9.17, 15) is 14.7 Å². The Hall–Kier alpha value is -1.52. The number of carbonyl (C=O) groups is 2. The third-order valence-corrected chi connectivity index (χ3v) is 3.76. The lowest BCUT2D eigenvalue weighted by atomic mass is 10.1. The third kappa shape index (κ3) is 11.2. The molecule has 2 amide bonds. The van der Waals surface area contributed by atoms with Gasteiger partial charge in [-0.1, -0.05) is 6.42 Å². The van der Waals surface area contributed by atoms with E-state index in [4.69, 9.17) is 5.26 Å². The highest BCUT2D eigenvalue weighted by Crippen LogP contribution is 2.14. The SMILES string of the molecule is CC(=O)NCC(O)CCCC/C(C#N)=C\SCC(=O)N(C)C. The van der Waals surface area contributed by atoms with E-state index in [2.05, 4.69) is 11.4 Å². The Morgan fingerprint density at radius 3 is 2.64 bits per heavy atom. The van der Waals surface area contributed by atoms with Crippen LogP contribution in [0.15, 0.2) is 11.0 Å². The van der Waals surface area contributed by atoms with Crippen LogP contribution in [0.5, 0.6) is 0 Å². The molecule has 0 saturated carbocycles. The number of hydrogen-bond donors (Lipinski definition) is 2. The number of unbranched alkanes of at least 4 members (excludes halogenated alkanes) is 1. The molecule has 0 aromatic rings. The quantitative estimate of drug-likeness (QED) is 0.465. The van der Waals surface area contributed by atoms with Crippen molar-refractivity contribution in [3.05, 3.63) is 11.0 Å². The van der Waals surface area contributed by atoms with E-state index in [0.717, 1.165) is 12.8 Å². The molecule has 0 aromatic heterocycles. The smallest absolute Gasteiger partial charge is 0.232 e. The van der Waals surface area contributed by atoms with E-state index in [-0.39, 0.29) is 18.4 Å². The predicted molar refractivity (Wildman–Crippen MR) is 88.0 cm³/mol. The lowest BCUT2D eigenvalue weighted by Crippen LogP contribution is -2.30. The van der Waals surface area contributed by atoms with Crippen molar-refractivity contribution in [1.82, 2.24) is 10.2 Å². The number of rotatable bonds is 10. The molecule has 0 aromatic carbocycles. The Kier molecular flexibility index (Phi) is 11.2. The van der Waals surface area contributed by atoms with E-state index >= 15 is 0 Å². The predicted octanol–water partition coefficient (Wildman–Crippen LogP) is 1.27. The molecule has 0 spiro atoms. The zero-order valence-corrected chi connectivity index (χ0v) is 14.3. The summed E-state index contributed by atoms with van der Waals surface area (Å²) in [7, 11) is 3.40. The number of nitrogens with one attached hydrogen (secondary N) is 1. The second-order valence-electron chi connectivity index (χ2n) is 5.19. The summed E-state index contributed by atoms with van der Waals surface area (Å²) in [6.45, 7) is 1.67. The topological polar surface area (TPSA) is 93.4 Å². The number of nitrogens with zero attached hydrogens (tertiary/aromatic N) is 2. The lowest BCUT2D eigenvalue weighted by molar-refractivity contribution is -0.125. The van der Waals surface area contributed by atoms with Gasteiger partial charge in [-0.3, -0.25) is 9.59 Å². The molecule has 0 heterocycles. The van der Waals surface area contributed by atoms with Crippen LogP contribution in [0, 0.1) is 11.3 Å². The zero-order chi connectivity index (χ0) is 17.0. The summed E-state index contributed by atoms with van der Waals surface area (Å²) in [5.41, 5.74) is 0.646. The van der Waals surface area contributed by atoms with E-state index in [1.165, 1.54) is 23.6 Å². The van der Waals surface area contributed by atoms with Gasteiger partial charge in [0.2, 0.25) is 11.8 Å². The Balaban J connectivity index is 3.88. The van der Waals surface area contributed by atoms with Crippen LogP contribution in [0.3, 0.4) is 0 Å². The van der Waals surface area contributed by atoms with Gasteiger partial charge in [0.15, 0.2) is 0 Å². The maximum atomic E-state index is 11.4. The van der Waals surface area contributed by atoms with Gasteiger partial charge >= 0.3 is 0 Å². The molecule has 0 rings (SSSR count). The molecule has 22 heavy (non-hydrogen) atoms. The highest BCUT2D eigenvalue weighted by molar-refractivity contribution is 8.02. The van der Waals surface area contributed by atoms with Crippen LogP contribution in [0.25, 0.3) is 0 Å². The van der Waals surface area contributed by atoms with Crippen LogP contribution in [0.1, 0.15) is 32.6 Å². The largest absolute Gasteiger partial charge is 0.391 e. The first-order valence-corrected chi connectivity index (χ1v) is 8.25. The van der Waals surface area contributed by atoms with Crippen molar-refractivity contribution in [2.75, 3.05) is 26.4 Å². The number of thioether (sulfide) groups is 1. The van der Waals surface area contributed by atoms with E-state index in [1.54, 1.807) is 19.5 Å². The fraction of sp³-hybridized carbons (Fsp3) is 0.667. The molecule has 0 bridgehead atoms. The Morgan fingerprint density at radius 2 is 2.09 bits per heavy atom.